The van der Waals surface area contributed by atoms with Crippen LogP contribution in [0.2, 0.25) is 0 Å². The molecule has 3 N–H and O–H groups in total. The summed E-state index contributed by atoms with van der Waals surface area (Å²) in [7, 11) is 0. The van der Waals surface area contributed by atoms with Crippen LogP contribution in [0.5, 0.6) is 0 Å². The van der Waals surface area contributed by atoms with E-state index in [0.29, 0.717) is 12.2 Å². The maximum atomic E-state index is 12.4. The summed E-state index contributed by atoms with van der Waals surface area (Å²) in [5, 5.41) is 15.3. The Bertz CT molecular complexity index is 598. The molecule has 124 valence electrons. The Hall–Kier alpha value is -2.27. The second-order valence-corrected chi connectivity index (χ2v) is 5.93. The van der Waals surface area contributed by atoms with Crippen LogP contribution in [-0.2, 0) is 0 Å². The lowest BCUT2D eigenvalue weighted by atomic mass is 9.97. The van der Waals surface area contributed by atoms with E-state index in [2.05, 4.69) is 10.6 Å². The Morgan fingerprint density at radius 2 is 2.00 bits per heavy atom. The van der Waals surface area contributed by atoms with E-state index >= 15 is 0 Å². The minimum atomic E-state index is -0.636. The van der Waals surface area contributed by atoms with Gasteiger partial charge < -0.3 is 20.2 Å². The SMILES string of the molecule is CCCC(C)(CO)NC(=O)NC(c1ccccc1)c1ccco1. The first-order chi connectivity index (χ1) is 11.1. The molecule has 0 saturated carbocycles. The summed E-state index contributed by atoms with van der Waals surface area (Å²) in [5.41, 5.74) is 0.294. The number of rotatable bonds is 7. The summed E-state index contributed by atoms with van der Waals surface area (Å²) >= 11 is 0. The first-order valence-electron chi connectivity index (χ1n) is 7.86. The van der Waals surface area contributed by atoms with Crippen LogP contribution in [0.4, 0.5) is 4.79 Å². The van der Waals surface area contributed by atoms with Gasteiger partial charge in [0.15, 0.2) is 0 Å². The number of amides is 2. The van der Waals surface area contributed by atoms with E-state index in [-0.39, 0.29) is 18.7 Å². The summed E-state index contributed by atoms with van der Waals surface area (Å²) in [5.74, 6) is 0.660. The average Bonchev–Trinajstić information content (AvgIpc) is 3.08. The van der Waals surface area contributed by atoms with Crippen LogP contribution in [0, 0.1) is 0 Å². The van der Waals surface area contributed by atoms with Gasteiger partial charge in [-0.3, -0.25) is 0 Å². The Kier molecular flexibility index (Phi) is 5.82. The lowest BCUT2D eigenvalue weighted by Gasteiger charge is -2.29. The molecule has 0 aliphatic rings. The fourth-order valence-electron chi connectivity index (χ4n) is 2.59. The molecule has 0 aliphatic carbocycles. The molecule has 23 heavy (non-hydrogen) atoms. The van der Waals surface area contributed by atoms with Gasteiger partial charge in [0.1, 0.15) is 11.8 Å². The van der Waals surface area contributed by atoms with E-state index in [1.54, 1.807) is 12.3 Å². The summed E-state index contributed by atoms with van der Waals surface area (Å²) in [6, 6.07) is 12.5. The summed E-state index contributed by atoms with van der Waals surface area (Å²) in [6.45, 7) is 3.74. The third kappa shape index (κ3) is 4.60. The second-order valence-electron chi connectivity index (χ2n) is 5.93. The highest BCUT2D eigenvalue weighted by atomic mass is 16.3. The number of nitrogens with one attached hydrogen (secondary N) is 2. The molecule has 5 heteroatoms. The van der Waals surface area contributed by atoms with Gasteiger partial charge in [0, 0.05) is 0 Å². The number of hydrogen-bond donors (Lipinski definition) is 3. The summed E-state index contributed by atoms with van der Waals surface area (Å²) in [6.07, 6.45) is 3.16. The van der Waals surface area contributed by atoms with Gasteiger partial charge >= 0.3 is 6.03 Å². The van der Waals surface area contributed by atoms with E-state index in [9.17, 15) is 9.90 Å². The van der Waals surface area contributed by atoms with E-state index in [1.165, 1.54) is 0 Å². The molecule has 0 fully saturated rings. The zero-order chi connectivity index (χ0) is 16.7. The highest BCUT2D eigenvalue weighted by molar-refractivity contribution is 5.75. The van der Waals surface area contributed by atoms with Crippen molar-refractivity contribution in [1.29, 1.82) is 0 Å². The Labute approximate surface area is 136 Å². The fourth-order valence-corrected chi connectivity index (χ4v) is 2.59. The van der Waals surface area contributed by atoms with Crippen molar-refractivity contribution in [2.75, 3.05) is 6.61 Å². The molecule has 5 nitrogen and oxygen atoms in total. The van der Waals surface area contributed by atoms with Crippen molar-refractivity contribution in [1.82, 2.24) is 10.6 Å². The molecule has 2 aromatic rings. The summed E-state index contributed by atoms with van der Waals surface area (Å²) in [4.78, 5) is 12.4. The molecular weight excluding hydrogens is 292 g/mol. The molecule has 0 spiro atoms. The predicted octanol–water partition coefficient (Wildman–Crippen LogP) is 3.22. The van der Waals surface area contributed by atoms with E-state index in [0.717, 1.165) is 12.0 Å². The zero-order valence-electron chi connectivity index (χ0n) is 13.6. The lowest BCUT2D eigenvalue weighted by molar-refractivity contribution is 0.162. The molecule has 2 atom stereocenters. The van der Waals surface area contributed by atoms with Crippen molar-refractivity contribution in [3.05, 3.63) is 60.1 Å². The summed E-state index contributed by atoms with van der Waals surface area (Å²) < 4.78 is 5.46. The van der Waals surface area contributed by atoms with Crippen LogP contribution in [0.1, 0.15) is 44.1 Å². The van der Waals surface area contributed by atoms with Crippen molar-refractivity contribution < 1.29 is 14.3 Å². The van der Waals surface area contributed by atoms with Gasteiger partial charge in [-0.2, -0.15) is 0 Å². The standard InChI is InChI=1S/C18H24N2O3/c1-3-11-18(2,13-21)20-17(22)19-16(15-10-7-12-23-15)14-8-5-4-6-9-14/h4-10,12,16,21H,3,11,13H2,1-2H3,(H2,19,20,22). The molecule has 2 amide bonds. The number of aliphatic hydroxyl groups is 1. The first kappa shape index (κ1) is 17.1. The van der Waals surface area contributed by atoms with E-state index in [4.69, 9.17) is 4.42 Å². The van der Waals surface area contributed by atoms with Gasteiger partial charge in [0.05, 0.1) is 18.4 Å². The highest BCUT2D eigenvalue weighted by Gasteiger charge is 2.27. The quantitative estimate of drug-likeness (QED) is 0.734. The number of carbonyl (C=O) groups excluding carboxylic acids is 1. The Balaban J connectivity index is 2.14. The number of furan rings is 1. The Morgan fingerprint density at radius 3 is 2.57 bits per heavy atom. The van der Waals surface area contributed by atoms with Crippen molar-refractivity contribution >= 4 is 6.03 Å². The largest absolute Gasteiger partial charge is 0.467 e. The molecule has 0 radical (unpaired) electrons. The number of hydrogen-bond acceptors (Lipinski definition) is 3. The van der Waals surface area contributed by atoms with Gasteiger partial charge in [-0.25, -0.2) is 4.79 Å². The molecule has 0 saturated heterocycles. The minimum absolute atomic E-state index is 0.106. The van der Waals surface area contributed by atoms with Gasteiger partial charge in [-0.15, -0.1) is 0 Å². The molecule has 2 unspecified atom stereocenters. The molecule has 1 aromatic heterocycles. The normalized spacial score (nSPS) is 14.7. The third-order valence-electron chi connectivity index (χ3n) is 3.80. The minimum Gasteiger partial charge on any atom is -0.467 e. The van der Waals surface area contributed by atoms with Crippen LogP contribution in [0.3, 0.4) is 0 Å². The van der Waals surface area contributed by atoms with E-state index < -0.39 is 5.54 Å². The second kappa shape index (κ2) is 7.83. The predicted molar refractivity (Wildman–Crippen MR) is 89.1 cm³/mol. The topological polar surface area (TPSA) is 74.5 Å². The van der Waals surface area contributed by atoms with Gasteiger partial charge in [-0.05, 0) is 31.0 Å². The number of benzene rings is 1. The molecule has 0 bridgehead atoms. The van der Waals surface area contributed by atoms with Crippen molar-refractivity contribution in [3.63, 3.8) is 0 Å². The van der Waals surface area contributed by atoms with Gasteiger partial charge in [0.25, 0.3) is 0 Å². The van der Waals surface area contributed by atoms with Crippen molar-refractivity contribution in [2.24, 2.45) is 0 Å². The van der Waals surface area contributed by atoms with Crippen LogP contribution in [-0.4, -0.2) is 23.3 Å². The lowest BCUT2D eigenvalue weighted by Crippen LogP contribution is -2.53. The van der Waals surface area contributed by atoms with Crippen LogP contribution < -0.4 is 10.6 Å². The number of aliphatic hydroxyl groups excluding tert-OH is 1. The Morgan fingerprint density at radius 1 is 1.26 bits per heavy atom. The smallest absolute Gasteiger partial charge is 0.316 e. The van der Waals surface area contributed by atoms with Gasteiger partial charge in [0.2, 0.25) is 0 Å². The monoisotopic (exact) mass is 316 g/mol. The molecule has 1 aromatic carbocycles. The zero-order valence-corrected chi connectivity index (χ0v) is 13.6. The third-order valence-corrected chi connectivity index (χ3v) is 3.80. The molecular formula is C18H24N2O3. The highest BCUT2D eigenvalue weighted by Crippen LogP contribution is 2.22. The van der Waals surface area contributed by atoms with Crippen LogP contribution >= 0.6 is 0 Å². The molecule has 0 aliphatic heterocycles. The fraction of sp³-hybridized carbons (Fsp3) is 0.389. The average molecular weight is 316 g/mol. The number of carbonyl (C=O) groups is 1. The van der Waals surface area contributed by atoms with E-state index in [1.807, 2.05) is 50.2 Å². The van der Waals surface area contributed by atoms with Crippen LogP contribution in [0.25, 0.3) is 0 Å². The number of urea groups is 1. The van der Waals surface area contributed by atoms with Crippen LogP contribution in [0.15, 0.2) is 53.1 Å². The van der Waals surface area contributed by atoms with Crippen molar-refractivity contribution in [3.8, 4) is 0 Å². The first-order valence-corrected chi connectivity index (χ1v) is 7.86. The molecule has 1 heterocycles. The molecule has 2 rings (SSSR count). The maximum Gasteiger partial charge on any atom is 0.316 e. The van der Waals surface area contributed by atoms with Crippen molar-refractivity contribution in [2.45, 2.75) is 38.3 Å². The van der Waals surface area contributed by atoms with Gasteiger partial charge in [-0.1, -0.05) is 43.7 Å². The maximum absolute atomic E-state index is 12.4.